The van der Waals surface area contributed by atoms with Crippen LogP contribution in [0.15, 0.2) is 24.4 Å². The van der Waals surface area contributed by atoms with Gasteiger partial charge in [0.1, 0.15) is 5.82 Å². The van der Waals surface area contributed by atoms with Gasteiger partial charge in [-0.2, -0.15) is 0 Å². The average Bonchev–Trinajstić information content (AvgIpc) is 2.54. The zero-order chi connectivity index (χ0) is 17.7. The van der Waals surface area contributed by atoms with E-state index in [-0.39, 0.29) is 24.6 Å². The lowest BCUT2D eigenvalue weighted by molar-refractivity contribution is 0.0168. The van der Waals surface area contributed by atoms with Gasteiger partial charge >= 0.3 is 0 Å². The SMILES string of the molecule is O=C(NOCCO)c1ccc(F)c(F)c1Nc1ncc(Cl)cc1I. The average molecular weight is 470 g/mol. The van der Waals surface area contributed by atoms with Gasteiger partial charge in [0.25, 0.3) is 5.91 Å². The van der Waals surface area contributed by atoms with Crippen LogP contribution in [0.25, 0.3) is 0 Å². The van der Waals surface area contributed by atoms with E-state index in [1.54, 1.807) is 6.07 Å². The fraction of sp³-hybridized carbons (Fsp3) is 0.143. The van der Waals surface area contributed by atoms with Gasteiger partial charge in [0.15, 0.2) is 11.6 Å². The van der Waals surface area contributed by atoms with Crippen LogP contribution in [-0.4, -0.2) is 29.2 Å². The molecule has 10 heteroatoms. The Bertz CT molecular complexity index is 764. The van der Waals surface area contributed by atoms with Crippen LogP contribution in [0.3, 0.4) is 0 Å². The van der Waals surface area contributed by atoms with Gasteiger partial charge < -0.3 is 10.4 Å². The number of aromatic nitrogens is 1. The summed E-state index contributed by atoms with van der Waals surface area (Å²) in [5.74, 6) is -2.98. The zero-order valence-electron chi connectivity index (χ0n) is 11.9. The first kappa shape index (κ1) is 18.8. The molecule has 0 aliphatic carbocycles. The highest BCUT2D eigenvalue weighted by atomic mass is 127. The lowest BCUT2D eigenvalue weighted by Crippen LogP contribution is -2.26. The van der Waals surface area contributed by atoms with Crippen LogP contribution in [0.2, 0.25) is 5.02 Å². The molecular weight excluding hydrogens is 459 g/mol. The van der Waals surface area contributed by atoms with Crippen molar-refractivity contribution in [3.63, 3.8) is 0 Å². The summed E-state index contributed by atoms with van der Waals surface area (Å²) in [7, 11) is 0. The van der Waals surface area contributed by atoms with Crippen LogP contribution in [0, 0.1) is 15.2 Å². The molecule has 0 saturated carbocycles. The number of carbonyl (C=O) groups excluding carboxylic acids is 1. The number of nitrogens with one attached hydrogen (secondary N) is 2. The Hall–Kier alpha value is -1.56. The number of anilines is 2. The van der Waals surface area contributed by atoms with Crippen LogP contribution in [0.4, 0.5) is 20.3 Å². The fourth-order valence-corrected chi connectivity index (χ4v) is 2.66. The summed E-state index contributed by atoms with van der Waals surface area (Å²) >= 11 is 7.71. The lowest BCUT2D eigenvalue weighted by Gasteiger charge is -2.14. The maximum atomic E-state index is 14.2. The lowest BCUT2D eigenvalue weighted by atomic mass is 10.1. The second kappa shape index (κ2) is 8.51. The maximum Gasteiger partial charge on any atom is 0.277 e. The van der Waals surface area contributed by atoms with Crippen molar-refractivity contribution in [1.29, 1.82) is 0 Å². The molecule has 1 heterocycles. The van der Waals surface area contributed by atoms with Crippen LogP contribution >= 0.6 is 34.2 Å². The van der Waals surface area contributed by atoms with Crippen molar-refractivity contribution in [3.05, 3.63) is 50.2 Å². The number of benzene rings is 1. The second-order valence-corrected chi connectivity index (χ2v) is 5.99. The van der Waals surface area contributed by atoms with Crippen molar-refractivity contribution in [3.8, 4) is 0 Å². The van der Waals surface area contributed by atoms with Gasteiger partial charge in [-0.05, 0) is 40.8 Å². The van der Waals surface area contributed by atoms with Gasteiger partial charge in [-0.1, -0.05) is 11.6 Å². The molecule has 1 aromatic heterocycles. The summed E-state index contributed by atoms with van der Waals surface area (Å²) in [6, 6.07) is 3.49. The normalized spacial score (nSPS) is 10.5. The third-order valence-corrected chi connectivity index (χ3v) is 3.78. The number of nitrogens with zero attached hydrogens (tertiary/aromatic N) is 1. The molecule has 0 aliphatic rings. The molecule has 1 aromatic carbocycles. The summed E-state index contributed by atoms with van der Waals surface area (Å²) in [6.07, 6.45) is 1.33. The van der Waals surface area contributed by atoms with Crippen LogP contribution in [0.1, 0.15) is 10.4 Å². The summed E-state index contributed by atoms with van der Waals surface area (Å²) in [6.45, 7) is -0.453. The van der Waals surface area contributed by atoms with E-state index in [0.29, 0.717) is 8.59 Å². The van der Waals surface area contributed by atoms with E-state index in [9.17, 15) is 13.6 Å². The van der Waals surface area contributed by atoms with E-state index >= 15 is 0 Å². The number of rotatable bonds is 6. The Morgan fingerprint density at radius 1 is 1.42 bits per heavy atom. The summed E-state index contributed by atoms with van der Waals surface area (Å²) < 4.78 is 28.2. The molecular formula is C14H11ClF2IN3O3. The number of aliphatic hydroxyl groups is 1. The minimum atomic E-state index is -1.24. The molecule has 1 amide bonds. The Labute approximate surface area is 154 Å². The fourth-order valence-electron chi connectivity index (χ4n) is 1.70. The van der Waals surface area contributed by atoms with Crippen LogP contribution in [0.5, 0.6) is 0 Å². The molecule has 0 fully saturated rings. The van der Waals surface area contributed by atoms with Gasteiger partial charge in [0.2, 0.25) is 0 Å². The van der Waals surface area contributed by atoms with Crippen LogP contribution in [-0.2, 0) is 4.84 Å². The predicted octanol–water partition coefficient (Wildman–Crippen LogP) is 3.02. The van der Waals surface area contributed by atoms with Crippen LogP contribution < -0.4 is 10.8 Å². The molecule has 0 saturated heterocycles. The number of halogens is 4. The zero-order valence-corrected chi connectivity index (χ0v) is 14.9. The van der Waals surface area contributed by atoms with Crippen molar-refractivity contribution in [2.45, 2.75) is 0 Å². The number of hydroxylamine groups is 1. The Morgan fingerprint density at radius 2 is 2.17 bits per heavy atom. The number of carbonyl (C=O) groups is 1. The molecule has 6 nitrogen and oxygen atoms in total. The maximum absolute atomic E-state index is 14.2. The van der Waals surface area contributed by atoms with E-state index in [4.69, 9.17) is 16.7 Å². The van der Waals surface area contributed by atoms with E-state index in [1.807, 2.05) is 28.1 Å². The summed E-state index contributed by atoms with van der Waals surface area (Å²) in [4.78, 5) is 20.7. The number of hydrogen-bond donors (Lipinski definition) is 3. The van der Waals surface area contributed by atoms with E-state index < -0.39 is 23.2 Å². The quantitative estimate of drug-likeness (QED) is 0.344. The van der Waals surface area contributed by atoms with Gasteiger partial charge in [-0.25, -0.2) is 19.2 Å². The van der Waals surface area contributed by atoms with Crippen molar-refractivity contribution >= 4 is 51.6 Å². The topological polar surface area (TPSA) is 83.5 Å². The number of aliphatic hydroxyl groups excluding tert-OH is 1. The van der Waals surface area contributed by atoms with Crippen molar-refractivity contribution in [1.82, 2.24) is 10.5 Å². The molecule has 0 unspecified atom stereocenters. The summed E-state index contributed by atoms with van der Waals surface area (Å²) in [5, 5.41) is 11.6. The van der Waals surface area contributed by atoms with Gasteiger partial charge in [0.05, 0.1) is 33.1 Å². The molecule has 24 heavy (non-hydrogen) atoms. The molecule has 0 bridgehead atoms. The molecule has 2 aromatic rings. The smallest absolute Gasteiger partial charge is 0.277 e. The number of amides is 1. The van der Waals surface area contributed by atoms with Crippen molar-refractivity contribution in [2.24, 2.45) is 0 Å². The van der Waals surface area contributed by atoms with E-state index in [1.165, 1.54) is 6.20 Å². The Balaban J connectivity index is 2.36. The number of hydrogen-bond acceptors (Lipinski definition) is 5. The van der Waals surface area contributed by atoms with Gasteiger partial charge in [-0.15, -0.1) is 0 Å². The standard InChI is InChI=1S/C14H11ClF2IN3O3/c15-7-5-10(18)13(19-6-7)20-12-8(1-2-9(16)11(12)17)14(23)21-24-4-3-22/h1-2,5-6,22H,3-4H2,(H,19,20)(H,21,23). The first-order valence-corrected chi connectivity index (χ1v) is 7.98. The van der Waals surface area contributed by atoms with Gasteiger partial charge in [-0.3, -0.25) is 9.63 Å². The van der Waals surface area contributed by atoms with Crippen molar-refractivity contribution < 1.29 is 23.5 Å². The van der Waals surface area contributed by atoms with Gasteiger partial charge in [0, 0.05) is 6.20 Å². The minimum Gasteiger partial charge on any atom is -0.394 e. The molecule has 128 valence electrons. The second-order valence-electron chi connectivity index (χ2n) is 4.40. The predicted molar refractivity (Wildman–Crippen MR) is 92.1 cm³/mol. The minimum absolute atomic E-state index is 0.144. The molecule has 0 spiro atoms. The molecule has 3 N–H and O–H groups in total. The molecule has 0 radical (unpaired) electrons. The molecule has 0 atom stereocenters. The van der Waals surface area contributed by atoms with Crippen molar-refractivity contribution in [2.75, 3.05) is 18.5 Å². The summed E-state index contributed by atoms with van der Waals surface area (Å²) in [5.41, 5.74) is 1.43. The third kappa shape index (κ3) is 4.50. The highest BCUT2D eigenvalue weighted by Crippen LogP contribution is 2.28. The first-order chi connectivity index (χ1) is 11.4. The largest absolute Gasteiger partial charge is 0.394 e. The highest BCUT2D eigenvalue weighted by Gasteiger charge is 2.20. The highest BCUT2D eigenvalue weighted by molar-refractivity contribution is 14.1. The van der Waals surface area contributed by atoms with E-state index in [2.05, 4.69) is 15.1 Å². The number of pyridine rings is 1. The molecule has 0 aliphatic heterocycles. The Kier molecular flexibility index (Phi) is 6.66. The first-order valence-electron chi connectivity index (χ1n) is 6.53. The van der Waals surface area contributed by atoms with E-state index in [0.717, 1.165) is 12.1 Å². The monoisotopic (exact) mass is 469 g/mol. The molecule has 2 rings (SSSR count). The third-order valence-electron chi connectivity index (χ3n) is 2.75. The Morgan fingerprint density at radius 3 is 2.83 bits per heavy atom.